The number of fused-ring (bicyclic) bond motifs is 1. The van der Waals surface area contributed by atoms with Gasteiger partial charge in [0.1, 0.15) is 5.54 Å². The Morgan fingerprint density at radius 1 is 1.42 bits per heavy atom. The summed E-state index contributed by atoms with van der Waals surface area (Å²) in [5.41, 5.74) is 0.0298. The number of aliphatic carboxylic acids is 1. The van der Waals surface area contributed by atoms with Crippen molar-refractivity contribution in [2.24, 2.45) is 0 Å². The number of carboxylic acids is 1. The summed E-state index contributed by atoms with van der Waals surface area (Å²) in [5.74, 6) is 0.833. The molecule has 2 rings (SSSR count). The van der Waals surface area contributed by atoms with Gasteiger partial charge < -0.3 is 10.0 Å². The molecular weight excluding hydrogens is 282 g/mol. The summed E-state index contributed by atoms with van der Waals surface area (Å²) in [5, 5.41) is 9.18. The Hall–Kier alpha value is -1.01. The van der Waals surface area contributed by atoms with Crippen molar-refractivity contribution in [3.63, 3.8) is 0 Å². The van der Waals surface area contributed by atoms with Crippen molar-refractivity contribution >= 4 is 35.0 Å². The third kappa shape index (κ3) is 2.65. The van der Waals surface area contributed by atoms with Gasteiger partial charge in [-0.1, -0.05) is 0 Å². The number of carbonyl (C=O) groups excluding carboxylic acids is 1. The predicted octanol–water partition coefficient (Wildman–Crippen LogP) is 2.47. The van der Waals surface area contributed by atoms with Crippen LogP contribution >= 0.6 is 23.1 Å². The molecular formula is C13H17NO3S2. The van der Waals surface area contributed by atoms with Gasteiger partial charge in [0.05, 0.1) is 4.88 Å². The number of amides is 1. The fourth-order valence-corrected chi connectivity index (χ4v) is 4.16. The van der Waals surface area contributed by atoms with Crippen molar-refractivity contribution in [3.05, 3.63) is 21.4 Å². The fourth-order valence-electron chi connectivity index (χ4n) is 1.82. The highest BCUT2D eigenvalue weighted by molar-refractivity contribution is 7.98. The molecule has 2 heterocycles. The van der Waals surface area contributed by atoms with Crippen LogP contribution in [-0.4, -0.2) is 40.2 Å². The summed E-state index contributed by atoms with van der Waals surface area (Å²) in [6.45, 7) is 3.08. The van der Waals surface area contributed by atoms with Crippen LogP contribution in [0.25, 0.3) is 0 Å². The smallest absolute Gasteiger partial charge is 0.329 e. The molecule has 0 atom stereocenters. The second kappa shape index (κ2) is 5.17. The van der Waals surface area contributed by atoms with Crippen LogP contribution in [0.15, 0.2) is 6.07 Å². The molecule has 0 saturated heterocycles. The summed E-state index contributed by atoms with van der Waals surface area (Å²) in [6, 6.07) is 1.92. The monoisotopic (exact) mass is 299 g/mol. The highest BCUT2D eigenvalue weighted by Gasteiger charge is 2.36. The summed E-state index contributed by atoms with van der Waals surface area (Å²) in [4.78, 5) is 26.8. The van der Waals surface area contributed by atoms with Crippen LogP contribution in [0.4, 0.5) is 0 Å². The minimum atomic E-state index is -1.20. The summed E-state index contributed by atoms with van der Waals surface area (Å²) < 4.78 is 0. The number of hydrogen-bond acceptors (Lipinski definition) is 4. The Balaban J connectivity index is 2.24. The van der Waals surface area contributed by atoms with Gasteiger partial charge >= 0.3 is 5.97 Å². The Morgan fingerprint density at radius 3 is 2.68 bits per heavy atom. The molecule has 1 aromatic rings. The highest BCUT2D eigenvalue weighted by atomic mass is 32.2. The average Bonchev–Trinajstić information content (AvgIpc) is 2.80. The van der Waals surface area contributed by atoms with Gasteiger partial charge in [0.25, 0.3) is 5.91 Å². The van der Waals surface area contributed by atoms with Crippen LogP contribution < -0.4 is 0 Å². The van der Waals surface area contributed by atoms with Crippen molar-refractivity contribution in [2.45, 2.75) is 31.6 Å². The molecule has 0 bridgehead atoms. The number of nitrogens with zero attached hydrogens (tertiary/aromatic N) is 1. The first-order valence-electron chi connectivity index (χ1n) is 6.05. The normalized spacial score (nSPS) is 14.9. The van der Waals surface area contributed by atoms with E-state index in [1.807, 2.05) is 17.8 Å². The molecule has 4 nitrogen and oxygen atoms in total. The molecule has 19 heavy (non-hydrogen) atoms. The third-order valence-corrected chi connectivity index (χ3v) is 5.74. The second-order valence-corrected chi connectivity index (χ2v) is 7.33. The van der Waals surface area contributed by atoms with E-state index in [0.717, 1.165) is 17.9 Å². The number of carbonyl (C=O) groups is 2. The molecule has 0 fully saturated rings. The van der Waals surface area contributed by atoms with Gasteiger partial charge in [-0.25, -0.2) is 4.79 Å². The first-order chi connectivity index (χ1) is 8.84. The first kappa shape index (κ1) is 14.4. The van der Waals surface area contributed by atoms with Crippen LogP contribution in [0.3, 0.4) is 0 Å². The van der Waals surface area contributed by atoms with Crippen LogP contribution in [0.2, 0.25) is 0 Å². The van der Waals surface area contributed by atoms with Crippen molar-refractivity contribution in [2.75, 3.05) is 12.8 Å². The lowest BCUT2D eigenvalue weighted by atomic mass is 10.0. The van der Waals surface area contributed by atoms with E-state index in [0.29, 0.717) is 4.88 Å². The van der Waals surface area contributed by atoms with E-state index in [1.54, 1.807) is 7.05 Å². The summed E-state index contributed by atoms with van der Waals surface area (Å²) in [6.07, 6.45) is 1.00. The zero-order valence-electron chi connectivity index (χ0n) is 11.2. The SMILES string of the molecule is CN(C(=O)c1cc2c(s1)CCSC2)C(C)(C)C(=O)O. The lowest BCUT2D eigenvalue weighted by Crippen LogP contribution is -2.50. The number of likely N-dealkylation sites (N-methyl/N-ethyl adjacent to an activating group) is 1. The maximum Gasteiger partial charge on any atom is 0.329 e. The maximum atomic E-state index is 12.4. The predicted molar refractivity (Wildman–Crippen MR) is 78.0 cm³/mol. The van der Waals surface area contributed by atoms with E-state index in [9.17, 15) is 14.7 Å². The van der Waals surface area contributed by atoms with E-state index in [-0.39, 0.29) is 5.91 Å². The molecule has 1 N–H and O–H groups in total. The molecule has 1 amide bonds. The molecule has 1 aliphatic rings. The lowest BCUT2D eigenvalue weighted by molar-refractivity contribution is -0.147. The molecule has 1 aliphatic heterocycles. The summed E-state index contributed by atoms with van der Waals surface area (Å²) >= 11 is 3.37. The molecule has 1 aromatic heterocycles. The van der Waals surface area contributed by atoms with Gasteiger partial charge in [-0.05, 0) is 37.7 Å². The van der Waals surface area contributed by atoms with Crippen molar-refractivity contribution in [1.82, 2.24) is 4.90 Å². The Labute approximate surface area is 120 Å². The van der Waals surface area contributed by atoms with Crippen LogP contribution in [0.5, 0.6) is 0 Å². The minimum absolute atomic E-state index is 0.211. The standard InChI is InChI=1S/C13H17NO3S2/c1-13(2,12(16)17)14(3)11(15)10-6-8-7-18-5-4-9(8)19-10/h6H,4-5,7H2,1-3H3,(H,16,17). The number of carboxylic acid groups (broad SMARTS) is 1. The van der Waals surface area contributed by atoms with Crippen molar-refractivity contribution in [3.8, 4) is 0 Å². The van der Waals surface area contributed by atoms with Crippen molar-refractivity contribution in [1.29, 1.82) is 0 Å². The van der Waals surface area contributed by atoms with E-state index < -0.39 is 11.5 Å². The van der Waals surface area contributed by atoms with E-state index in [2.05, 4.69) is 0 Å². The van der Waals surface area contributed by atoms with Gasteiger partial charge in [-0.3, -0.25) is 4.79 Å². The van der Waals surface area contributed by atoms with Crippen LogP contribution in [0, 0.1) is 0 Å². The summed E-state index contributed by atoms with van der Waals surface area (Å²) in [7, 11) is 1.55. The quantitative estimate of drug-likeness (QED) is 0.931. The van der Waals surface area contributed by atoms with Crippen LogP contribution in [-0.2, 0) is 17.0 Å². The second-order valence-electron chi connectivity index (χ2n) is 5.09. The fraction of sp³-hybridized carbons (Fsp3) is 0.538. The molecule has 0 saturated carbocycles. The maximum absolute atomic E-state index is 12.4. The molecule has 0 aliphatic carbocycles. The van der Waals surface area contributed by atoms with Gasteiger partial charge in [0, 0.05) is 17.7 Å². The molecule has 104 valence electrons. The molecule has 0 aromatic carbocycles. The number of thiophene rings is 1. The number of aryl methyl sites for hydroxylation is 1. The van der Waals surface area contributed by atoms with Gasteiger partial charge in [0.15, 0.2) is 0 Å². The van der Waals surface area contributed by atoms with Gasteiger partial charge in [0.2, 0.25) is 0 Å². The van der Waals surface area contributed by atoms with Crippen molar-refractivity contribution < 1.29 is 14.7 Å². The minimum Gasteiger partial charge on any atom is -0.480 e. The Morgan fingerprint density at radius 2 is 2.11 bits per heavy atom. The largest absolute Gasteiger partial charge is 0.480 e. The lowest BCUT2D eigenvalue weighted by Gasteiger charge is -2.31. The molecule has 0 radical (unpaired) electrons. The molecule has 0 unspecified atom stereocenters. The Bertz CT molecular complexity index is 498. The number of thioether (sulfide) groups is 1. The van der Waals surface area contributed by atoms with Crippen LogP contribution in [0.1, 0.15) is 34.0 Å². The van der Waals surface area contributed by atoms with Gasteiger partial charge in [-0.2, -0.15) is 11.8 Å². The average molecular weight is 299 g/mol. The van der Waals surface area contributed by atoms with E-state index >= 15 is 0 Å². The van der Waals surface area contributed by atoms with Gasteiger partial charge in [-0.15, -0.1) is 11.3 Å². The topological polar surface area (TPSA) is 57.6 Å². The first-order valence-corrected chi connectivity index (χ1v) is 8.02. The van der Waals surface area contributed by atoms with E-state index in [4.69, 9.17) is 0 Å². The number of hydrogen-bond donors (Lipinski definition) is 1. The highest BCUT2D eigenvalue weighted by Crippen LogP contribution is 2.32. The zero-order valence-corrected chi connectivity index (χ0v) is 12.9. The van der Waals surface area contributed by atoms with E-state index in [1.165, 1.54) is 40.5 Å². The molecule has 0 spiro atoms. The zero-order chi connectivity index (χ0) is 14.2. The number of rotatable bonds is 3. The Kier molecular flexibility index (Phi) is 3.92. The third-order valence-electron chi connectivity index (χ3n) is 3.50. The molecule has 6 heteroatoms.